The van der Waals surface area contributed by atoms with Crippen LogP contribution in [0.1, 0.15) is 42.2 Å². The summed E-state index contributed by atoms with van der Waals surface area (Å²) in [6.45, 7) is 6.11. The van der Waals surface area contributed by atoms with E-state index in [-0.39, 0.29) is 29.7 Å². The SMILES string of the molecule is Cc1ccc([C@]23CO[C@@H](c4nc(C)co4)C[C@H]2[C@@H](C)SC(N)=N3)c(F)c1. The van der Waals surface area contributed by atoms with Crippen molar-refractivity contribution in [3.05, 3.63) is 53.0 Å². The van der Waals surface area contributed by atoms with Crippen LogP contribution >= 0.6 is 11.8 Å². The first-order chi connectivity index (χ1) is 12.4. The Balaban J connectivity index is 1.77. The molecule has 2 aromatic rings. The van der Waals surface area contributed by atoms with E-state index < -0.39 is 5.54 Å². The van der Waals surface area contributed by atoms with Gasteiger partial charge in [-0.25, -0.2) is 14.4 Å². The van der Waals surface area contributed by atoms with Gasteiger partial charge in [-0.05, 0) is 31.9 Å². The number of rotatable bonds is 2. The van der Waals surface area contributed by atoms with E-state index in [1.54, 1.807) is 12.3 Å². The summed E-state index contributed by atoms with van der Waals surface area (Å²) in [7, 11) is 0. The van der Waals surface area contributed by atoms with Crippen molar-refractivity contribution in [2.45, 2.75) is 44.1 Å². The highest BCUT2D eigenvalue weighted by molar-refractivity contribution is 8.14. The van der Waals surface area contributed by atoms with Crippen LogP contribution in [0, 0.1) is 25.6 Å². The molecule has 1 aromatic heterocycles. The monoisotopic (exact) mass is 375 g/mol. The minimum absolute atomic E-state index is 0.0583. The summed E-state index contributed by atoms with van der Waals surface area (Å²) in [5.41, 5.74) is 7.51. The van der Waals surface area contributed by atoms with Gasteiger partial charge in [-0.1, -0.05) is 30.8 Å². The summed E-state index contributed by atoms with van der Waals surface area (Å²) in [4.78, 5) is 9.13. The van der Waals surface area contributed by atoms with Gasteiger partial charge in [-0.2, -0.15) is 0 Å². The van der Waals surface area contributed by atoms with E-state index in [1.165, 1.54) is 11.8 Å². The van der Waals surface area contributed by atoms with Crippen LogP contribution in [0.3, 0.4) is 0 Å². The van der Waals surface area contributed by atoms with Gasteiger partial charge in [0.15, 0.2) is 5.17 Å². The summed E-state index contributed by atoms with van der Waals surface area (Å²) in [6.07, 6.45) is 2.01. The third kappa shape index (κ3) is 2.83. The second-order valence-corrected chi connectivity index (χ2v) is 8.55. The molecule has 0 spiro atoms. The fourth-order valence-corrected chi connectivity index (χ4v) is 5.12. The van der Waals surface area contributed by atoms with Crippen LogP contribution in [-0.2, 0) is 10.3 Å². The number of aliphatic imine (C=N–C) groups is 1. The van der Waals surface area contributed by atoms with Crippen LogP contribution in [0.25, 0.3) is 0 Å². The number of aryl methyl sites for hydroxylation is 2. The fraction of sp³-hybridized carbons (Fsp3) is 0.474. The molecule has 2 N–H and O–H groups in total. The van der Waals surface area contributed by atoms with Crippen molar-refractivity contribution in [2.24, 2.45) is 16.6 Å². The van der Waals surface area contributed by atoms with Gasteiger partial charge in [0.05, 0.1) is 12.3 Å². The fourth-order valence-electron chi connectivity index (χ4n) is 4.02. The molecule has 0 radical (unpaired) electrons. The molecular weight excluding hydrogens is 353 g/mol. The van der Waals surface area contributed by atoms with Gasteiger partial charge in [-0.3, -0.25) is 0 Å². The lowest BCUT2D eigenvalue weighted by Gasteiger charge is -2.48. The van der Waals surface area contributed by atoms with Crippen LogP contribution in [0.4, 0.5) is 4.39 Å². The Morgan fingerprint density at radius 1 is 1.35 bits per heavy atom. The van der Waals surface area contributed by atoms with Crippen LogP contribution in [0.15, 0.2) is 33.9 Å². The molecule has 0 amide bonds. The molecule has 7 heteroatoms. The number of thioether (sulfide) groups is 1. The number of nitrogens with zero attached hydrogens (tertiary/aromatic N) is 2. The van der Waals surface area contributed by atoms with E-state index in [0.29, 0.717) is 23.0 Å². The van der Waals surface area contributed by atoms with Crippen LogP contribution in [-0.4, -0.2) is 22.0 Å². The van der Waals surface area contributed by atoms with Gasteiger partial charge in [0.1, 0.15) is 23.7 Å². The molecule has 1 fully saturated rings. The summed E-state index contributed by atoms with van der Waals surface area (Å²) >= 11 is 1.53. The number of ether oxygens (including phenoxy) is 1. The molecule has 0 saturated carbocycles. The van der Waals surface area contributed by atoms with Crippen molar-refractivity contribution in [3.63, 3.8) is 0 Å². The zero-order chi connectivity index (χ0) is 18.5. The van der Waals surface area contributed by atoms with E-state index in [1.807, 2.05) is 26.0 Å². The number of benzene rings is 1. The van der Waals surface area contributed by atoms with Crippen molar-refractivity contribution in [1.29, 1.82) is 0 Å². The average molecular weight is 375 g/mol. The minimum Gasteiger partial charge on any atom is -0.446 e. The van der Waals surface area contributed by atoms with E-state index >= 15 is 0 Å². The molecule has 0 bridgehead atoms. The third-order valence-electron chi connectivity index (χ3n) is 5.27. The predicted octanol–water partition coefficient (Wildman–Crippen LogP) is 3.85. The van der Waals surface area contributed by atoms with Crippen molar-refractivity contribution in [1.82, 2.24) is 4.98 Å². The van der Waals surface area contributed by atoms with Gasteiger partial charge in [0.25, 0.3) is 0 Å². The van der Waals surface area contributed by atoms with E-state index in [0.717, 1.165) is 11.3 Å². The summed E-state index contributed by atoms with van der Waals surface area (Å²) in [5, 5.41) is 0.651. The Labute approximate surface area is 156 Å². The number of nitrogens with two attached hydrogens (primary N) is 1. The maximum Gasteiger partial charge on any atom is 0.223 e. The number of amidine groups is 1. The molecule has 1 aromatic carbocycles. The maximum atomic E-state index is 14.9. The number of hydrogen-bond donors (Lipinski definition) is 1. The largest absolute Gasteiger partial charge is 0.446 e. The Kier molecular flexibility index (Phi) is 4.31. The minimum atomic E-state index is -0.815. The summed E-state index contributed by atoms with van der Waals surface area (Å²) in [5.74, 6) is 0.364. The molecule has 26 heavy (non-hydrogen) atoms. The summed E-state index contributed by atoms with van der Waals surface area (Å²) in [6, 6.07) is 5.27. The zero-order valence-corrected chi connectivity index (χ0v) is 15.8. The van der Waals surface area contributed by atoms with Gasteiger partial charge in [-0.15, -0.1) is 0 Å². The number of aromatic nitrogens is 1. The van der Waals surface area contributed by atoms with Gasteiger partial charge >= 0.3 is 0 Å². The second kappa shape index (κ2) is 6.39. The zero-order valence-electron chi connectivity index (χ0n) is 15.0. The molecule has 4 rings (SSSR count). The van der Waals surface area contributed by atoms with E-state index in [9.17, 15) is 4.39 Å². The first kappa shape index (κ1) is 17.5. The Morgan fingerprint density at radius 3 is 2.85 bits per heavy atom. The molecular formula is C19H22FN3O2S. The van der Waals surface area contributed by atoms with Gasteiger partial charge < -0.3 is 14.9 Å². The molecule has 2 aliphatic rings. The Bertz CT molecular complexity index is 868. The molecule has 1 saturated heterocycles. The highest BCUT2D eigenvalue weighted by atomic mass is 32.2. The van der Waals surface area contributed by atoms with Crippen LogP contribution in [0.2, 0.25) is 0 Å². The van der Waals surface area contributed by atoms with Crippen molar-refractivity contribution < 1.29 is 13.5 Å². The van der Waals surface area contributed by atoms with Crippen molar-refractivity contribution >= 4 is 16.9 Å². The number of halogens is 1. The van der Waals surface area contributed by atoms with Gasteiger partial charge in [0, 0.05) is 16.7 Å². The standard InChI is InChI=1S/C19H22FN3O2S/c1-10-4-5-13(15(20)6-10)19-9-25-16(17-22-11(2)8-24-17)7-14(19)12(3)26-18(21)23-19/h4-6,8,12,14,16H,7,9H2,1-3H3,(H2,21,23)/t12-,14+,16-,19-/m1/s1. The van der Waals surface area contributed by atoms with Crippen LogP contribution < -0.4 is 5.73 Å². The molecule has 4 atom stereocenters. The molecule has 2 aliphatic heterocycles. The quantitative estimate of drug-likeness (QED) is 0.863. The predicted molar refractivity (Wildman–Crippen MR) is 99.5 cm³/mol. The summed E-state index contributed by atoms with van der Waals surface area (Å²) < 4.78 is 26.5. The van der Waals surface area contributed by atoms with E-state index in [4.69, 9.17) is 19.9 Å². The average Bonchev–Trinajstić information content (AvgIpc) is 3.00. The first-order valence-corrected chi connectivity index (χ1v) is 9.59. The molecule has 0 unspecified atom stereocenters. The Hall–Kier alpha value is -1.86. The maximum absolute atomic E-state index is 14.9. The van der Waals surface area contributed by atoms with Crippen molar-refractivity contribution in [3.8, 4) is 0 Å². The number of hydrogen-bond acceptors (Lipinski definition) is 6. The molecule has 3 heterocycles. The molecule has 138 valence electrons. The lowest BCUT2D eigenvalue weighted by molar-refractivity contribution is -0.0749. The number of fused-ring (bicyclic) bond motifs is 1. The number of oxazole rings is 1. The smallest absolute Gasteiger partial charge is 0.223 e. The second-order valence-electron chi connectivity index (χ2n) is 7.15. The van der Waals surface area contributed by atoms with Gasteiger partial charge in [0.2, 0.25) is 5.89 Å². The topological polar surface area (TPSA) is 73.6 Å². The lowest BCUT2D eigenvalue weighted by Crippen LogP contribution is -2.51. The highest BCUT2D eigenvalue weighted by Crippen LogP contribution is 2.52. The van der Waals surface area contributed by atoms with Crippen molar-refractivity contribution in [2.75, 3.05) is 6.61 Å². The molecule has 5 nitrogen and oxygen atoms in total. The highest BCUT2D eigenvalue weighted by Gasteiger charge is 2.52. The van der Waals surface area contributed by atoms with Crippen LogP contribution in [0.5, 0.6) is 0 Å². The normalized spacial score (nSPS) is 31.4. The first-order valence-electron chi connectivity index (χ1n) is 8.71. The Morgan fingerprint density at radius 2 is 2.15 bits per heavy atom. The third-order valence-corrected chi connectivity index (χ3v) is 6.31. The lowest BCUT2D eigenvalue weighted by atomic mass is 9.72. The molecule has 0 aliphatic carbocycles. The van der Waals surface area contributed by atoms with E-state index in [2.05, 4.69) is 11.9 Å².